The van der Waals surface area contributed by atoms with E-state index >= 15 is 0 Å². The average Bonchev–Trinajstić information content (AvgIpc) is 3.80. The minimum atomic E-state index is 0.344. The first-order chi connectivity index (χ1) is 29.3. The van der Waals surface area contributed by atoms with Crippen LogP contribution in [-0.4, -0.2) is 4.57 Å². The van der Waals surface area contributed by atoms with Crippen molar-refractivity contribution in [3.8, 4) is 50.2 Å². The smallest absolute Gasteiger partial charge is 0.0547 e. The van der Waals surface area contributed by atoms with Gasteiger partial charge < -0.3 is 4.57 Å². The van der Waals surface area contributed by atoms with Gasteiger partial charge >= 0.3 is 0 Å². The van der Waals surface area contributed by atoms with E-state index in [0.29, 0.717) is 5.92 Å². The molecule has 0 fully saturated rings. The fraction of sp³-hybridized carbons (Fsp3) is 0.0526. The summed E-state index contributed by atoms with van der Waals surface area (Å²) in [6.07, 6.45) is 2.06. The number of benzene rings is 9. The zero-order valence-electron chi connectivity index (χ0n) is 32.5. The molecule has 1 atom stereocenters. The zero-order valence-corrected chi connectivity index (χ0v) is 33.3. The standard InChI is InChI=1S/C57H39NS/c1-3-16-37(17-4-1)39-20-13-21-40(34-39)51-35-41(36-52-48-24-10-12-31-55(48)59-57(51)52)58-53-29-11-9-25-50(53)56-49(28-15-30-54(56)58)46-27-14-26-45-44-23-8-7-22-43(44)42(32-33-47(45)46)38-18-5-2-6-19-38/h1-31,34-36,42H,32-33H2. The molecule has 0 aliphatic heterocycles. The van der Waals surface area contributed by atoms with E-state index in [9.17, 15) is 0 Å². The van der Waals surface area contributed by atoms with Crippen molar-refractivity contribution in [2.75, 3.05) is 0 Å². The first-order valence-electron chi connectivity index (χ1n) is 20.7. The quantitative estimate of drug-likeness (QED) is 0.164. The van der Waals surface area contributed by atoms with E-state index in [4.69, 9.17) is 0 Å². The molecule has 2 heteroatoms. The van der Waals surface area contributed by atoms with Gasteiger partial charge in [0.1, 0.15) is 0 Å². The van der Waals surface area contributed by atoms with Gasteiger partial charge in [0.25, 0.3) is 0 Å². The Bertz CT molecular complexity index is 3390. The van der Waals surface area contributed by atoms with Gasteiger partial charge in [-0.05, 0) is 105 Å². The fourth-order valence-corrected chi connectivity index (χ4v) is 11.3. The highest BCUT2D eigenvalue weighted by Crippen LogP contribution is 2.48. The molecule has 0 saturated heterocycles. The molecule has 2 aromatic heterocycles. The molecule has 0 spiro atoms. The van der Waals surface area contributed by atoms with E-state index in [1.54, 1.807) is 0 Å². The zero-order chi connectivity index (χ0) is 38.9. The third-order valence-corrected chi connectivity index (χ3v) is 13.9. The lowest BCUT2D eigenvalue weighted by Crippen LogP contribution is -2.02. The van der Waals surface area contributed by atoms with Gasteiger partial charge in [-0.3, -0.25) is 0 Å². The highest BCUT2D eigenvalue weighted by Gasteiger charge is 2.26. The lowest BCUT2D eigenvalue weighted by atomic mass is 9.86. The normalized spacial score (nSPS) is 13.8. The predicted molar refractivity (Wildman–Crippen MR) is 252 cm³/mol. The van der Waals surface area contributed by atoms with Gasteiger partial charge in [-0.25, -0.2) is 0 Å². The Labute approximate surface area is 348 Å². The molecule has 278 valence electrons. The van der Waals surface area contributed by atoms with Crippen molar-refractivity contribution < 1.29 is 0 Å². The minimum Gasteiger partial charge on any atom is -0.309 e. The molecular formula is C57H39NS. The fourth-order valence-electron chi connectivity index (χ4n) is 10.1. The van der Waals surface area contributed by atoms with Gasteiger partial charge in [0, 0.05) is 48.1 Å². The van der Waals surface area contributed by atoms with E-state index in [2.05, 4.69) is 211 Å². The van der Waals surface area contributed by atoms with Crippen LogP contribution in [-0.2, 0) is 6.42 Å². The van der Waals surface area contributed by atoms with Gasteiger partial charge in [-0.15, -0.1) is 11.3 Å². The maximum atomic E-state index is 2.52. The molecule has 0 bridgehead atoms. The summed E-state index contributed by atoms with van der Waals surface area (Å²) >= 11 is 1.90. The highest BCUT2D eigenvalue weighted by molar-refractivity contribution is 7.26. The third-order valence-electron chi connectivity index (χ3n) is 12.7. The van der Waals surface area contributed by atoms with Crippen LogP contribution in [0.25, 0.3) is 92.2 Å². The summed E-state index contributed by atoms with van der Waals surface area (Å²) in [5.41, 5.74) is 18.1. The van der Waals surface area contributed by atoms with Crippen molar-refractivity contribution in [3.63, 3.8) is 0 Å². The topological polar surface area (TPSA) is 4.93 Å². The number of hydrogen-bond acceptors (Lipinski definition) is 1. The van der Waals surface area contributed by atoms with Crippen LogP contribution >= 0.6 is 11.3 Å². The van der Waals surface area contributed by atoms with Crippen molar-refractivity contribution in [1.82, 2.24) is 4.57 Å². The second-order valence-corrected chi connectivity index (χ2v) is 16.9. The highest BCUT2D eigenvalue weighted by atomic mass is 32.1. The molecule has 0 amide bonds. The van der Waals surface area contributed by atoms with Crippen LogP contribution in [0.2, 0.25) is 0 Å². The lowest BCUT2D eigenvalue weighted by molar-refractivity contribution is 0.726. The van der Waals surface area contributed by atoms with E-state index in [1.807, 2.05) is 11.3 Å². The SMILES string of the molecule is c1ccc(-c2cccc(-c3cc(-n4c5ccccc5c5c(-c6cccc7c6CCC(c6ccccc6)c6ccccc6-7)cccc54)cc4c3sc3ccccc34)c2)cc1. The molecule has 1 unspecified atom stereocenters. The average molecular weight is 770 g/mol. The monoisotopic (exact) mass is 769 g/mol. The number of nitrogens with zero attached hydrogens (tertiary/aromatic N) is 1. The van der Waals surface area contributed by atoms with Crippen molar-refractivity contribution in [2.24, 2.45) is 0 Å². The van der Waals surface area contributed by atoms with Crippen LogP contribution in [0.4, 0.5) is 0 Å². The van der Waals surface area contributed by atoms with E-state index in [0.717, 1.165) is 12.8 Å². The van der Waals surface area contributed by atoms with Crippen LogP contribution in [0.1, 0.15) is 29.0 Å². The predicted octanol–water partition coefficient (Wildman–Crippen LogP) is 15.9. The summed E-state index contributed by atoms with van der Waals surface area (Å²) in [6, 6.07) is 76.7. The molecule has 12 rings (SSSR count). The molecule has 1 aliphatic rings. The summed E-state index contributed by atoms with van der Waals surface area (Å²) < 4.78 is 5.15. The van der Waals surface area contributed by atoms with Gasteiger partial charge in [-0.1, -0.05) is 170 Å². The number of aromatic nitrogens is 1. The van der Waals surface area contributed by atoms with Crippen LogP contribution in [0.3, 0.4) is 0 Å². The van der Waals surface area contributed by atoms with Crippen LogP contribution in [0.5, 0.6) is 0 Å². The summed E-state index contributed by atoms with van der Waals surface area (Å²) in [4.78, 5) is 0. The number of rotatable bonds is 5. The summed E-state index contributed by atoms with van der Waals surface area (Å²) in [5, 5.41) is 5.17. The van der Waals surface area contributed by atoms with Crippen LogP contribution in [0.15, 0.2) is 206 Å². The second kappa shape index (κ2) is 13.8. The minimum absolute atomic E-state index is 0.344. The van der Waals surface area contributed by atoms with Crippen molar-refractivity contribution in [1.29, 1.82) is 0 Å². The molecule has 1 aliphatic carbocycles. The Hall–Kier alpha value is -7.00. The first kappa shape index (κ1) is 34.1. The van der Waals surface area contributed by atoms with Gasteiger partial charge in [0.2, 0.25) is 0 Å². The lowest BCUT2D eigenvalue weighted by Gasteiger charge is -2.18. The van der Waals surface area contributed by atoms with Gasteiger partial charge in [0.15, 0.2) is 0 Å². The van der Waals surface area contributed by atoms with E-state index < -0.39 is 0 Å². The van der Waals surface area contributed by atoms with E-state index in [1.165, 1.54) is 109 Å². The molecule has 59 heavy (non-hydrogen) atoms. The Kier molecular flexibility index (Phi) is 7.99. The van der Waals surface area contributed by atoms with Crippen LogP contribution in [0, 0.1) is 0 Å². The molecule has 0 saturated carbocycles. The third kappa shape index (κ3) is 5.52. The number of hydrogen-bond donors (Lipinski definition) is 0. The van der Waals surface area contributed by atoms with Crippen molar-refractivity contribution in [2.45, 2.75) is 18.8 Å². The molecule has 2 heterocycles. The van der Waals surface area contributed by atoms with Gasteiger partial charge in [-0.2, -0.15) is 0 Å². The molecular weight excluding hydrogens is 731 g/mol. The van der Waals surface area contributed by atoms with Crippen molar-refractivity contribution in [3.05, 3.63) is 223 Å². The van der Waals surface area contributed by atoms with Crippen molar-refractivity contribution >= 4 is 53.3 Å². The molecule has 0 N–H and O–H groups in total. The second-order valence-electron chi connectivity index (χ2n) is 15.9. The number of fused-ring (bicyclic) bond motifs is 9. The van der Waals surface area contributed by atoms with E-state index in [-0.39, 0.29) is 0 Å². The first-order valence-corrected chi connectivity index (χ1v) is 21.5. The molecule has 11 aromatic rings. The van der Waals surface area contributed by atoms with Gasteiger partial charge in [0.05, 0.1) is 11.0 Å². The molecule has 9 aromatic carbocycles. The Morgan fingerprint density at radius 1 is 0.424 bits per heavy atom. The molecule has 1 nitrogen and oxygen atoms in total. The Morgan fingerprint density at radius 3 is 1.93 bits per heavy atom. The summed E-state index contributed by atoms with van der Waals surface area (Å²) in [5.74, 6) is 0.344. The Morgan fingerprint density at radius 2 is 1.05 bits per heavy atom. The summed E-state index contributed by atoms with van der Waals surface area (Å²) in [7, 11) is 0. The number of para-hydroxylation sites is 1. The number of thiophene rings is 1. The maximum absolute atomic E-state index is 2.52. The largest absolute Gasteiger partial charge is 0.309 e. The summed E-state index contributed by atoms with van der Waals surface area (Å²) in [6.45, 7) is 0. The maximum Gasteiger partial charge on any atom is 0.0547 e. The Balaban J connectivity index is 1.09. The van der Waals surface area contributed by atoms with Crippen LogP contribution < -0.4 is 0 Å². The molecule has 0 radical (unpaired) electrons.